The fourth-order valence-electron chi connectivity index (χ4n) is 1.92. The lowest BCUT2D eigenvalue weighted by atomic mass is 10.0. The molecule has 0 amide bonds. The summed E-state index contributed by atoms with van der Waals surface area (Å²) in [6.45, 7) is 0. The molecular weight excluding hydrogens is 212 g/mol. The number of benzene rings is 1. The molecular formula is C14H18N2O. The minimum atomic E-state index is -0.297. The Morgan fingerprint density at radius 1 is 1.29 bits per heavy atom. The van der Waals surface area contributed by atoms with Gasteiger partial charge in [-0.15, -0.1) is 0 Å². The molecule has 0 radical (unpaired) electrons. The summed E-state index contributed by atoms with van der Waals surface area (Å²) in [7, 11) is 1.98. The number of aliphatic hydroxyl groups excluding tert-OH is 1. The zero-order valence-electron chi connectivity index (χ0n) is 10.1. The van der Waals surface area contributed by atoms with Crippen LogP contribution in [0.2, 0.25) is 0 Å². The van der Waals surface area contributed by atoms with Crippen LogP contribution in [0.15, 0.2) is 42.7 Å². The molecule has 0 aliphatic carbocycles. The van der Waals surface area contributed by atoms with E-state index in [4.69, 9.17) is 0 Å². The predicted octanol–water partition coefficient (Wildman–Crippen LogP) is 1.96. The van der Waals surface area contributed by atoms with Crippen molar-refractivity contribution < 1.29 is 5.11 Å². The van der Waals surface area contributed by atoms with Crippen LogP contribution in [-0.4, -0.2) is 20.8 Å². The van der Waals surface area contributed by atoms with Crippen molar-refractivity contribution in [2.24, 2.45) is 7.05 Å². The molecule has 2 rings (SSSR count). The molecule has 2 aromatic rings. The Morgan fingerprint density at radius 3 is 2.71 bits per heavy atom. The Bertz CT molecular complexity index is 450. The van der Waals surface area contributed by atoms with Crippen LogP contribution in [0.25, 0.3) is 0 Å². The molecule has 0 aliphatic heterocycles. The first kappa shape index (κ1) is 11.9. The van der Waals surface area contributed by atoms with Gasteiger partial charge < -0.3 is 9.67 Å². The van der Waals surface area contributed by atoms with Gasteiger partial charge in [0, 0.05) is 25.9 Å². The van der Waals surface area contributed by atoms with E-state index in [0.29, 0.717) is 6.42 Å². The fraction of sp³-hybridized carbons (Fsp3) is 0.357. The van der Waals surface area contributed by atoms with Crippen LogP contribution >= 0.6 is 0 Å². The van der Waals surface area contributed by atoms with Crippen molar-refractivity contribution in [1.82, 2.24) is 9.55 Å². The van der Waals surface area contributed by atoms with Crippen molar-refractivity contribution in [3.8, 4) is 0 Å². The second-order valence-corrected chi connectivity index (χ2v) is 4.34. The lowest BCUT2D eigenvalue weighted by Gasteiger charge is -2.10. The first-order chi connectivity index (χ1) is 8.25. The zero-order chi connectivity index (χ0) is 12.1. The van der Waals surface area contributed by atoms with Gasteiger partial charge in [-0.1, -0.05) is 30.3 Å². The minimum Gasteiger partial charge on any atom is -0.393 e. The molecule has 0 spiro atoms. The van der Waals surface area contributed by atoms with Crippen LogP contribution in [0.4, 0.5) is 0 Å². The summed E-state index contributed by atoms with van der Waals surface area (Å²) in [5, 5.41) is 9.96. The topological polar surface area (TPSA) is 38.0 Å². The third-order valence-electron chi connectivity index (χ3n) is 2.94. The lowest BCUT2D eigenvalue weighted by Crippen LogP contribution is -2.13. The van der Waals surface area contributed by atoms with E-state index < -0.39 is 0 Å². The van der Waals surface area contributed by atoms with Gasteiger partial charge in [0.25, 0.3) is 0 Å². The zero-order valence-corrected chi connectivity index (χ0v) is 10.1. The summed E-state index contributed by atoms with van der Waals surface area (Å²) >= 11 is 0. The van der Waals surface area contributed by atoms with Crippen LogP contribution in [0.1, 0.15) is 17.8 Å². The summed E-state index contributed by atoms with van der Waals surface area (Å²) in [6.07, 6.45) is 5.70. The van der Waals surface area contributed by atoms with Crippen LogP contribution in [0, 0.1) is 0 Å². The molecule has 1 unspecified atom stereocenters. The predicted molar refractivity (Wildman–Crippen MR) is 67.7 cm³/mol. The summed E-state index contributed by atoms with van der Waals surface area (Å²) in [4.78, 5) is 4.25. The molecule has 1 heterocycles. The number of hydrogen-bond acceptors (Lipinski definition) is 2. The van der Waals surface area contributed by atoms with Gasteiger partial charge in [-0.05, 0) is 18.4 Å². The monoisotopic (exact) mass is 230 g/mol. The minimum absolute atomic E-state index is 0.297. The molecule has 0 saturated carbocycles. The molecule has 1 N–H and O–H groups in total. The maximum Gasteiger partial charge on any atom is 0.108 e. The Labute approximate surface area is 102 Å². The van der Waals surface area contributed by atoms with E-state index >= 15 is 0 Å². The Balaban J connectivity index is 1.82. The standard InChI is InChI=1S/C14H18N2O/c1-16-10-9-15-14(16)8-7-13(17)11-12-5-3-2-4-6-12/h2-6,9-10,13,17H,7-8,11H2,1H3. The highest BCUT2D eigenvalue weighted by Crippen LogP contribution is 2.08. The van der Waals surface area contributed by atoms with Gasteiger partial charge in [0.15, 0.2) is 0 Å². The van der Waals surface area contributed by atoms with E-state index in [9.17, 15) is 5.11 Å². The van der Waals surface area contributed by atoms with Gasteiger partial charge in [-0.3, -0.25) is 0 Å². The van der Waals surface area contributed by atoms with Gasteiger partial charge in [0.05, 0.1) is 6.10 Å². The van der Waals surface area contributed by atoms with Crippen LogP contribution < -0.4 is 0 Å². The molecule has 1 aromatic heterocycles. The van der Waals surface area contributed by atoms with Crippen LogP contribution in [0.5, 0.6) is 0 Å². The van der Waals surface area contributed by atoms with Crippen molar-refractivity contribution in [2.75, 3.05) is 0 Å². The quantitative estimate of drug-likeness (QED) is 0.852. The first-order valence-electron chi connectivity index (χ1n) is 5.94. The summed E-state index contributed by atoms with van der Waals surface area (Å²) in [6, 6.07) is 10.1. The van der Waals surface area contributed by atoms with E-state index in [1.807, 2.05) is 48.1 Å². The summed E-state index contributed by atoms with van der Waals surface area (Å²) < 4.78 is 2.00. The Kier molecular flexibility index (Phi) is 3.94. The number of aromatic nitrogens is 2. The normalized spacial score (nSPS) is 12.6. The molecule has 90 valence electrons. The number of hydrogen-bond donors (Lipinski definition) is 1. The number of rotatable bonds is 5. The lowest BCUT2D eigenvalue weighted by molar-refractivity contribution is 0.164. The van der Waals surface area contributed by atoms with Gasteiger partial charge in [0.1, 0.15) is 5.82 Å². The number of imidazole rings is 1. The summed E-state index contributed by atoms with van der Waals surface area (Å²) in [5.74, 6) is 1.03. The number of aryl methyl sites for hydroxylation is 2. The largest absolute Gasteiger partial charge is 0.393 e. The molecule has 17 heavy (non-hydrogen) atoms. The third-order valence-corrected chi connectivity index (χ3v) is 2.94. The number of aliphatic hydroxyl groups is 1. The van der Waals surface area contributed by atoms with E-state index in [2.05, 4.69) is 4.98 Å². The van der Waals surface area contributed by atoms with E-state index in [0.717, 1.165) is 18.7 Å². The fourth-order valence-corrected chi connectivity index (χ4v) is 1.92. The van der Waals surface area contributed by atoms with Crippen molar-refractivity contribution in [3.63, 3.8) is 0 Å². The second-order valence-electron chi connectivity index (χ2n) is 4.34. The van der Waals surface area contributed by atoms with Crippen molar-refractivity contribution in [3.05, 3.63) is 54.1 Å². The van der Waals surface area contributed by atoms with E-state index in [1.54, 1.807) is 6.20 Å². The van der Waals surface area contributed by atoms with Crippen LogP contribution in [-0.2, 0) is 19.9 Å². The van der Waals surface area contributed by atoms with Gasteiger partial charge in [0.2, 0.25) is 0 Å². The third kappa shape index (κ3) is 3.43. The maximum absolute atomic E-state index is 9.96. The smallest absolute Gasteiger partial charge is 0.108 e. The highest BCUT2D eigenvalue weighted by Gasteiger charge is 2.07. The maximum atomic E-state index is 9.96. The molecule has 3 nitrogen and oxygen atoms in total. The van der Waals surface area contributed by atoms with Crippen molar-refractivity contribution in [2.45, 2.75) is 25.4 Å². The molecule has 1 atom stereocenters. The average molecular weight is 230 g/mol. The number of nitrogens with zero attached hydrogens (tertiary/aromatic N) is 2. The summed E-state index contributed by atoms with van der Waals surface area (Å²) in [5.41, 5.74) is 1.18. The molecule has 0 fully saturated rings. The van der Waals surface area contributed by atoms with E-state index in [-0.39, 0.29) is 6.10 Å². The molecule has 0 bridgehead atoms. The van der Waals surface area contributed by atoms with Crippen molar-refractivity contribution in [1.29, 1.82) is 0 Å². The Hall–Kier alpha value is -1.61. The highest BCUT2D eigenvalue weighted by atomic mass is 16.3. The van der Waals surface area contributed by atoms with Crippen LogP contribution in [0.3, 0.4) is 0 Å². The van der Waals surface area contributed by atoms with Crippen molar-refractivity contribution >= 4 is 0 Å². The van der Waals surface area contributed by atoms with E-state index in [1.165, 1.54) is 5.56 Å². The highest BCUT2D eigenvalue weighted by molar-refractivity contribution is 5.15. The average Bonchev–Trinajstić information content (AvgIpc) is 2.74. The molecule has 0 aliphatic rings. The van der Waals surface area contributed by atoms with Gasteiger partial charge in [-0.25, -0.2) is 4.98 Å². The van der Waals surface area contributed by atoms with Gasteiger partial charge >= 0.3 is 0 Å². The second kappa shape index (κ2) is 5.64. The SMILES string of the molecule is Cn1ccnc1CCC(O)Cc1ccccc1. The molecule has 3 heteroatoms. The molecule has 1 aromatic carbocycles. The molecule has 0 saturated heterocycles. The first-order valence-corrected chi connectivity index (χ1v) is 5.94. The van der Waals surface area contributed by atoms with Gasteiger partial charge in [-0.2, -0.15) is 0 Å². The Morgan fingerprint density at radius 2 is 2.06 bits per heavy atom.